The van der Waals surface area contributed by atoms with E-state index in [0.717, 1.165) is 5.69 Å². The molecule has 7 heteroatoms. The normalized spacial score (nSPS) is 19.0. The molecule has 0 spiro atoms. The zero-order chi connectivity index (χ0) is 17.8. The highest BCUT2D eigenvalue weighted by Gasteiger charge is 2.32. The van der Waals surface area contributed by atoms with Crippen molar-refractivity contribution in [1.82, 2.24) is 9.80 Å². The summed E-state index contributed by atoms with van der Waals surface area (Å²) in [6.07, 6.45) is 1.08. The lowest BCUT2D eigenvalue weighted by atomic mass is 9.96. The molecule has 1 aromatic rings. The van der Waals surface area contributed by atoms with E-state index in [0.29, 0.717) is 52.1 Å². The van der Waals surface area contributed by atoms with E-state index >= 15 is 0 Å². The summed E-state index contributed by atoms with van der Waals surface area (Å²) < 4.78 is 0. The molecular weight excluding hydrogens is 320 g/mol. The number of primary amides is 1. The van der Waals surface area contributed by atoms with Crippen molar-refractivity contribution in [2.75, 3.05) is 44.2 Å². The Balaban J connectivity index is 1.51. The Morgan fingerprint density at radius 3 is 1.84 bits per heavy atom. The highest BCUT2D eigenvalue weighted by molar-refractivity contribution is 6.35. The molecule has 0 unspecified atom stereocenters. The number of nitrogens with two attached hydrogens (primary N) is 1. The lowest BCUT2D eigenvalue weighted by Gasteiger charge is -2.37. The lowest BCUT2D eigenvalue weighted by molar-refractivity contribution is -0.153. The molecule has 0 saturated carbocycles. The van der Waals surface area contributed by atoms with Crippen LogP contribution in [-0.2, 0) is 14.4 Å². The van der Waals surface area contributed by atoms with Gasteiger partial charge in [0.2, 0.25) is 5.91 Å². The molecule has 0 aromatic heterocycles. The standard InChI is InChI=1S/C18H24N4O3/c19-16(23)14-6-8-21(9-7-14)17(24)18(25)22-12-10-20(11-13-22)15-4-2-1-3-5-15/h1-5,14H,6-13H2,(H2,19,23). The Bertz CT molecular complexity index is 633. The summed E-state index contributed by atoms with van der Waals surface area (Å²) in [5.74, 6) is -1.41. The van der Waals surface area contributed by atoms with Crippen molar-refractivity contribution >= 4 is 23.4 Å². The van der Waals surface area contributed by atoms with Crippen LogP contribution in [-0.4, -0.2) is 66.8 Å². The average molecular weight is 344 g/mol. The molecule has 3 amide bonds. The first-order valence-corrected chi connectivity index (χ1v) is 8.74. The van der Waals surface area contributed by atoms with Gasteiger partial charge in [-0.25, -0.2) is 0 Å². The molecule has 1 aromatic carbocycles. The van der Waals surface area contributed by atoms with Crippen LogP contribution in [0.2, 0.25) is 0 Å². The van der Waals surface area contributed by atoms with Gasteiger partial charge in [-0.2, -0.15) is 0 Å². The Morgan fingerprint density at radius 1 is 0.800 bits per heavy atom. The van der Waals surface area contributed by atoms with Crippen molar-refractivity contribution in [1.29, 1.82) is 0 Å². The second-order valence-electron chi connectivity index (χ2n) is 6.58. The molecule has 134 valence electrons. The Hall–Kier alpha value is -2.57. The number of anilines is 1. The second kappa shape index (κ2) is 7.55. The van der Waals surface area contributed by atoms with Crippen LogP contribution in [0.5, 0.6) is 0 Å². The number of carbonyl (C=O) groups excluding carboxylic acids is 3. The first-order valence-electron chi connectivity index (χ1n) is 8.74. The lowest BCUT2D eigenvalue weighted by Crippen LogP contribution is -2.54. The van der Waals surface area contributed by atoms with Gasteiger partial charge in [0.05, 0.1) is 0 Å². The zero-order valence-electron chi connectivity index (χ0n) is 14.3. The van der Waals surface area contributed by atoms with Crippen LogP contribution in [0.3, 0.4) is 0 Å². The third-order valence-electron chi connectivity index (χ3n) is 5.06. The number of carbonyl (C=O) groups is 3. The Kier molecular flexibility index (Phi) is 5.21. The Morgan fingerprint density at radius 2 is 1.32 bits per heavy atom. The van der Waals surface area contributed by atoms with Gasteiger partial charge in [0.25, 0.3) is 0 Å². The highest BCUT2D eigenvalue weighted by Crippen LogP contribution is 2.18. The minimum absolute atomic E-state index is 0.187. The van der Waals surface area contributed by atoms with Crippen LogP contribution in [0.1, 0.15) is 12.8 Å². The molecule has 0 aliphatic carbocycles. The fraction of sp³-hybridized carbons (Fsp3) is 0.500. The number of hydrogen-bond acceptors (Lipinski definition) is 4. The molecule has 0 atom stereocenters. The van der Waals surface area contributed by atoms with E-state index in [4.69, 9.17) is 5.73 Å². The van der Waals surface area contributed by atoms with Gasteiger partial charge in [-0.15, -0.1) is 0 Å². The van der Waals surface area contributed by atoms with Crippen LogP contribution < -0.4 is 10.6 Å². The maximum absolute atomic E-state index is 12.5. The number of amides is 3. The Labute approximate surface area is 147 Å². The minimum Gasteiger partial charge on any atom is -0.369 e. The average Bonchev–Trinajstić information content (AvgIpc) is 2.67. The van der Waals surface area contributed by atoms with Gasteiger partial charge in [0.1, 0.15) is 0 Å². The number of para-hydroxylation sites is 1. The summed E-state index contributed by atoms with van der Waals surface area (Å²) >= 11 is 0. The first kappa shape index (κ1) is 17.3. The van der Waals surface area contributed by atoms with E-state index in [9.17, 15) is 14.4 Å². The van der Waals surface area contributed by atoms with Crippen molar-refractivity contribution < 1.29 is 14.4 Å². The van der Waals surface area contributed by atoms with Crippen molar-refractivity contribution in [2.45, 2.75) is 12.8 Å². The van der Waals surface area contributed by atoms with E-state index in [1.807, 2.05) is 30.3 Å². The van der Waals surface area contributed by atoms with Gasteiger partial charge in [-0.3, -0.25) is 14.4 Å². The molecule has 2 saturated heterocycles. The van der Waals surface area contributed by atoms with E-state index in [1.54, 1.807) is 9.80 Å². The van der Waals surface area contributed by atoms with Crippen molar-refractivity contribution in [3.8, 4) is 0 Å². The van der Waals surface area contributed by atoms with Crippen LogP contribution in [0.4, 0.5) is 5.69 Å². The minimum atomic E-state index is -0.462. The van der Waals surface area contributed by atoms with Crippen LogP contribution in [0, 0.1) is 5.92 Å². The summed E-state index contributed by atoms with van der Waals surface area (Å²) in [4.78, 5) is 41.5. The van der Waals surface area contributed by atoms with Gasteiger partial charge in [-0.05, 0) is 25.0 Å². The van der Waals surface area contributed by atoms with Crippen molar-refractivity contribution in [2.24, 2.45) is 11.7 Å². The topological polar surface area (TPSA) is 86.9 Å². The van der Waals surface area contributed by atoms with Gasteiger partial charge in [-0.1, -0.05) is 18.2 Å². The van der Waals surface area contributed by atoms with Gasteiger partial charge < -0.3 is 20.4 Å². The molecule has 0 bridgehead atoms. The van der Waals surface area contributed by atoms with Crippen LogP contribution >= 0.6 is 0 Å². The van der Waals surface area contributed by atoms with E-state index in [-0.39, 0.29) is 11.8 Å². The summed E-state index contributed by atoms with van der Waals surface area (Å²) in [5, 5.41) is 0. The smallest absolute Gasteiger partial charge is 0.312 e. The highest BCUT2D eigenvalue weighted by atomic mass is 16.2. The quantitative estimate of drug-likeness (QED) is 0.769. The molecule has 0 radical (unpaired) electrons. The largest absolute Gasteiger partial charge is 0.369 e. The molecular formula is C18H24N4O3. The predicted molar refractivity (Wildman–Crippen MR) is 93.7 cm³/mol. The maximum Gasteiger partial charge on any atom is 0.312 e. The molecule has 2 aliphatic heterocycles. The van der Waals surface area contributed by atoms with Gasteiger partial charge in [0, 0.05) is 50.9 Å². The molecule has 25 heavy (non-hydrogen) atoms. The fourth-order valence-electron chi connectivity index (χ4n) is 3.44. The van der Waals surface area contributed by atoms with E-state index < -0.39 is 11.8 Å². The molecule has 2 heterocycles. The monoisotopic (exact) mass is 344 g/mol. The van der Waals surface area contributed by atoms with Crippen molar-refractivity contribution in [3.05, 3.63) is 30.3 Å². The van der Waals surface area contributed by atoms with Gasteiger partial charge >= 0.3 is 11.8 Å². The SMILES string of the molecule is NC(=O)C1CCN(C(=O)C(=O)N2CCN(c3ccccc3)CC2)CC1. The number of likely N-dealkylation sites (tertiary alicyclic amines) is 1. The molecule has 2 fully saturated rings. The summed E-state index contributed by atoms with van der Waals surface area (Å²) in [7, 11) is 0. The molecule has 2 N–H and O–H groups in total. The maximum atomic E-state index is 12.5. The van der Waals surface area contributed by atoms with E-state index in [1.165, 1.54) is 0 Å². The summed E-state index contributed by atoms with van der Waals surface area (Å²) in [6, 6.07) is 10.1. The molecule has 2 aliphatic rings. The molecule has 3 rings (SSSR count). The molecule has 7 nitrogen and oxygen atoms in total. The van der Waals surface area contributed by atoms with Gasteiger partial charge in [0.15, 0.2) is 0 Å². The van der Waals surface area contributed by atoms with Crippen LogP contribution in [0.25, 0.3) is 0 Å². The van der Waals surface area contributed by atoms with Crippen LogP contribution in [0.15, 0.2) is 30.3 Å². The summed E-state index contributed by atoms with van der Waals surface area (Å²) in [6.45, 7) is 3.35. The number of rotatable bonds is 2. The van der Waals surface area contributed by atoms with E-state index in [2.05, 4.69) is 4.90 Å². The number of nitrogens with zero attached hydrogens (tertiary/aromatic N) is 3. The number of piperazine rings is 1. The predicted octanol–water partition coefficient (Wildman–Crippen LogP) is 0.0591. The number of piperidine rings is 1. The number of hydrogen-bond donors (Lipinski definition) is 1. The number of benzene rings is 1. The second-order valence-corrected chi connectivity index (χ2v) is 6.58. The third kappa shape index (κ3) is 3.92. The first-order chi connectivity index (χ1) is 12.1. The van der Waals surface area contributed by atoms with Crippen molar-refractivity contribution in [3.63, 3.8) is 0 Å². The summed E-state index contributed by atoms with van der Waals surface area (Å²) in [5.41, 5.74) is 6.44. The zero-order valence-corrected chi connectivity index (χ0v) is 14.3. The fourth-order valence-corrected chi connectivity index (χ4v) is 3.44. The third-order valence-corrected chi connectivity index (χ3v) is 5.06.